The number of ether oxygens (including phenoxy) is 1. The molecular weight excluding hydrogens is 334 g/mol. The zero-order valence-corrected chi connectivity index (χ0v) is 15.0. The van der Waals surface area contributed by atoms with Crippen LogP contribution in [0.3, 0.4) is 0 Å². The monoisotopic (exact) mass is 355 g/mol. The molecule has 0 aliphatic heterocycles. The minimum atomic E-state index is -0.243. The third kappa shape index (κ3) is 6.99. The van der Waals surface area contributed by atoms with Gasteiger partial charge in [0.25, 0.3) is 0 Å². The summed E-state index contributed by atoms with van der Waals surface area (Å²) in [7, 11) is 0. The summed E-state index contributed by atoms with van der Waals surface area (Å²) in [6, 6.07) is 17.7. The van der Waals surface area contributed by atoms with Crippen LogP contribution in [0, 0.1) is 11.3 Å². The molecule has 0 radical (unpaired) electrons. The average Bonchev–Trinajstić information content (AvgIpc) is 2.64. The summed E-state index contributed by atoms with van der Waals surface area (Å²) >= 11 is 5.30. The summed E-state index contributed by atoms with van der Waals surface area (Å²) in [6.07, 6.45) is 5.60. The van der Waals surface area contributed by atoms with Crippen molar-refractivity contribution in [2.45, 2.75) is 38.5 Å². The van der Waals surface area contributed by atoms with E-state index in [9.17, 15) is 4.79 Å². The second-order valence-electron chi connectivity index (χ2n) is 5.93. The van der Waals surface area contributed by atoms with Gasteiger partial charge in [-0.15, -0.1) is 0 Å². The summed E-state index contributed by atoms with van der Waals surface area (Å²) in [4.78, 5) is 10.6. The Kier molecular flexibility index (Phi) is 8.01. The lowest BCUT2D eigenvalue weighted by atomic mass is 10.0. The van der Waals surface area contributed by atoms with E-state index >= 15 is 0 Å². The number of benzene rings is 2. The maximum atomic E-state index is 10.6. The molecule has 0 aliphatic rings. The highest BCUT2D eigenvalue weighted by molar-refractivity contribution is 6.63. The lowest BCUT2D eigenvalue weighted by Crippen LogP contribution is -1.97. The van der Waals surface area contributed by atoms with Crippen LogP contribution in [0.4, 0.5) is 0 Å². The number of unbranched alkanes of at least 4 members (excludes halogenated alkanes) is 4. The van der Waals surface area contributed by atoms with E-state index in [-0.39, 0.29) is 5.24 Å². The highest BCUT2D eigenvalue weighted by Crippen LogP contribution is 2.23. The van der Waals surface area contributed by atoms with E-state index in [1.54, 1.807) is 0 Å². The van der Waals surface area contributed by atoms with E-state index < -0.39 is 0 Å². The molecule has 0 aromatic heterocycles. The molecule has 0 aliphatic carbocycles. The summed E-state index contributed by atoms with van der Waals surface area (Å²) in [5.74, 6) is 0.866. The SMILES string of the molecule is N#Cc1ccc(-c2ccc(OCCCCCCCC(=O)Cl)cc2)cc1. The van der Waals surface area contributed by atoms with Crippen molar-refractivity contribution in [2.24, 2.45) is 0 Å². The summed E-state index contributed by atoms with van der Waals surface area (Å²) < 4.78 is 5.76. The predicted molar refractivity (Wildman–Crippen MR) is 101 cm³/mol. The normalized spacial score (nSPS) is 10.2. The largest absolute Gasteiger partial charge is 0.494 e. The van der Waals surface area contributed by atoms with Crippen LogP contribution < -0.4 is 4.74 Å². The molecule has 4 heteroatoms. The fourth-order valence-corrected chi connectivity index (χ4v) is 2.70. The van der Waals surface area contributed by atoms with Crippen LogP contribution in [-0.4, -0.2) is 11.8 Å². The number of rotatable bonds is 10. The second kappa shape index (κ2) is 10.5. The van der Waals surface area contributed by atoms with Crippen molar-refractivity contribution >= 4 is 16.8 Å². The van der Waals surface area contributed by atoms with E-state index in [4.69, 9.17) is 21.6 Å². The topological polar surface area (TPSA) is 50.1 Å². The third-order valence-electron chi connectivity index (χ3n) is 3.99. The highest BCUT2D eigenvalue weighted by Gasteiger charge is 2.00. The van der Waals surface area contributed by atoms with Gasteiger partial charge in [-0.05, 0) is 59.8 Å². The molecule has 2 aromatic carbocycles. The Morgan fingerprint density at radius 3 is 2.04 bits per heavy atom. The molecular formula is C21H22ClNO2. The first-order chi connectivity index (χ1) is 12.2. The molecule has 0 saturated heterocycles. The van der Waals surface area contributed by atoms with Gasteiger partial charge < -0.3 is 4.74 Å². The maximum Gasteiger partial charge on any atom is 0.221 e. The summed E-state index contributed by atoms with van der Waals surface area (Å²) in [5.41, 5.74) is 2.85. The smallest absolute Gasteiger partial charge is 0.221 e. The molecule has 0 amide bonds. The number of nitriles is 1. The van der Waals surface area contributed by atoms with Gasteiger partial charge in [0.15, 0.2) is 0 Å². The quantitative estimate of drug-likeness (QED) is 0.405. The molecule has 0 N–H and O–H groups in total. The number of nitrogens with zero attached hydrogens (tertiary/aromatic N) is 1. The van der Waals surface area contributed by atoms with E-state index in [1.165, 1.54) is 0 Å². The fourth-order valence-electron chi connectivity index (χ4n) is 2.57. The first kappa shape index (κ1) is 19.0. The van der Waals surface area contributed by atoms with Crippen LogP contribution in [0.1, 0.15) is 44.1 Å². The van der Waals surface area contributed by atoms with Gasteiger partial charge in [0.05, 0.1) is 18.2 Å². The van der Waals surface area contributed by atoms with Crippen molar-refractivity contribution in [3.8, 4) is 22.9 Å². The first-order valence-electron chi connectivity index (χ1n) is 8.61. The molecule has 0 atom stereocenters. The Morgan fingerprint density at radius 1 is 0.880 bits per heavy atom. The van der Waals surface area contributed by atoms with Gasteiger partial charge in [0.1, 0.15) is 5.75 Å². The van der Waals surface area contributed by atoms with E-state index in [1.807, 2.05) is 48.5 Å². The molecule has 0 unspecified atom stereocenters. The molecule has 25 heavy (non-hydrogen) atoms. The maximum absolute atomic E-state index is 10.6. The van der Waals surface area contributed by atoms with Gasteiger partial charge in [-0.3, -0.25) is 4.79 Å². The number of hydrogen-bond donors (Lipinski definition) is 0. The van der Waals surface area contributed by atoms with Crippen LogP contribution in [0.2, 0.25) is 0 Å². The third-order valence-corrected chi connectivity index (χ3v) is 4.18. The van der Waals surface area contributed by atoms with Crippen LogP contribution in [0.15, 0.2) is 48.5 Å². The zero-order valence-electron chi connectivity index (χ0n) is 14.2. The summed E-state index contributed by atoms with van der Waals surface area (Å²) in [5, 5.41) is 8.59. The van der Waals surface area contributed by atoms with E-state index in [2.05, 4.69) is 6.07 Å². The lowest BCUT2D eigenvalue weighted by Gasteiger charge is -2.07. The second-order valence-corrected chi connectivity index (χ2v) is 6.36. The van der Waals surface area contributed by atoms with Crippen LogP contribution in [-0.2, 0) is 4.79 Å². The Balaban J connectivity index is 1.68. The van der Waals surface area contributed by atoms with Gasteiger partial charge in [0, 0.05) is 6.42 Å². The standard InChI is InChI=1S/C21H22ClNO2/c22-21(24)6-4-2-1-3-5-15-25-20-13-11-19(12-14-20)18-9-7-17(16-23)8-10-18/h7-14H,1-6,15H2. The Hall–Kier alpha value is -2.31. The minimum absolute atomic E-state index is 0.243. The molecule has 3 nitrogen and oxygen atoms in total. The molecule has 130 valence electrons. The Morgan fingerprint density at radius 2 is 1.44 bits per heavy atom. The van der Waals surface area contributed by atoms with Crippen LogP contribution in [0.5, 0.6) is 5.75 Å². The number of hydrogen-bond acceptors (Lipinski definition) is 3. The van der Waals surface area contributed by atoms with Crippen molar-refractivity contribution in [1.82, 2.24) is 0 Å². The predicted octanol–water partition coefficient (Wildman–Crippen LogP) is 5.71. The molecule has 0 fully saturated rings. The lowest BCUT2D eigenvalue weighted by molar-refractivity contribution is -0.111. The van der Waals surface area contributed by atoms with Gasteiger partial charge >= 0.3 is 0 Å². The number of carbonyl (C=O) groups is 1. The van der Waals surface area contributed by atoms with Gasteiger partial charge in [-0.2, -0.15) is 5.26 Å². The summed E-state index contributed by atoms with van der Waals surface area (Å²) in [6.45, 7) is 0.699. The van der Waals surface area contributed by atoms with Crippen molar-refractivity contribution in [3.05, 3.63) is 54.1 Å². The van der Waals surface area contributed by atoms with E-state index in [0.29, 0.717) is 18.6 Å². The Bertz CT molecular complexity index is 702. The molecule has 2 rings (SSSR count). The van der Waals surface area contributed by atoms with Crippen LogP contribution >= 0.6 is 11.6 Å². The van der Waals surface area contributed by atoms with Gasteiger partial charge in [-0.25, -0.2) is 0 Å². The van der Waals surface area contributed by atoms with Crippen molar-refractivity contribution in [1.29, 1.82) is 5.26 Å². The molecule has 0 spiro atoms. The van der Waals surface area contributed by atoms with Crippen LogP contribution in [0.25, 0.3) is 11.1 Å². The number of halogens is 1. The minimum Gasteiger partial charge on any atom is -0.494 e. The molecule has 0 heterocycles. The Labute approximate surface area is 154 Å². The van der Waals surface area contributed by atoms with E-state index in [0.717, 1.165) is 49.0 Å². The first-order valence-corrected chi connectivity index (χ1v) is 8.98. The zero-order chi connectivity index (χ0) is 17.9. The number of carbonyl (C=O) groups excluding carboxylic acids is 1. The van der Waals surface area contributed by atoms with Crippen molar-refractivity contribution < 1.29 is 9.53 Å². The highest BCUT2D eigenvalue weighted by atomic mass is 35.5. The van der Waals surface area contributed by atoms with Crippen molar-refractivity contribution in [2.75, 3.05) is 6.61 Å². The van der Waals surface area contributed by atoms with Gasteiger partial charge in [0.2, 0.25) is 5.24 Å². The van der Waals surface area contributed by atoms with Crippen molar-refractivity contribution in [3.63, 3.8) is 0 Å². The van der Waals surface area contributed by atoms with Gasteiger partial charge in [-0.1, -0.05) is 43.5 Å². The average molecular weight is 356 g/mol. The molecule has 0 bridgehead atoms. The fraction of sp³-hybridized carbons (Fsp3) is 0.333. The molecule has 0 saturated carbocycles. The molecule has 2 aromatic rings.